The zero-order chi connectivity index (χ0) is 14.2. The van der Waals surface area contributed by atoms with Crippen molar-refractivity contribution < 1.29 is 22.7 Å². The van der Waals surface area contributed by atoms with Crippen LogP contribution in [0.25, 0.3) is 11.0 Å². The number of carboxylic acids is 1. The Kier molecular flexibility index (Phi) is 3.36. The molecule has 1 heterocycles. The van der Waals surface area contributed by atoms with E-state index in [2.05, 4.69) is 0 Å². The average molecular weight is 282 g/mol. The quantitative estimate of drug-likeness (QED) is 0.931. The fourth-order valence-corrected chi connectivity index (χ4v) is 2.61. The van der Waals surface area contributed by atoms with E-state index in [0.717, 1.165) is 0 Å². The maximum atomic E-state index is 11.8. The molecule has 0 fully saturated rings. The van der Waals surface area contributed by atoms with Crippen molar-refractivity contribution in [2.75, 3.05) is 0 Å². The number of rotatable bonds is 4. The summed E-state index contributed by atoms with van der Waals surface area (Å²) in [5.41, 5.74) is 0.489. The first-order valence-electron chi connectivity index (χ1n) is 5.77. The molecule has 0 amide bonds. The summed E-state index contributed by atoms with van der Waals surface area (Å²) in [5.74, 6) is -1.03. The van der Waals surface area contributed by atoms with Gasteiger partial charge in [0.15, 0.2) is 9.84 Å². The normalized spacial score (nSPS) is 12.2. The van der Waals surface area contributed by atoms with Crippen LogP contribution in [0.2, 0.25) is 0 Å². The third-order valence-corrected chi connectivity index (χ3v) is 5.03. The van der Waals surface area contributed by atoms with Crippen LogP contribution in [0.4, 0.5) is 0 Å². The van der Waals surface area contributed by atoms with Gasteiger partial charge in [0.1, 0.15) is 17.1 Å². The van der Waals surface area contributed by atoms with Crippen molar-refractivity contribution in [3.63, 3.8) is 0 Å². The van der Waals surface area contributed by atoms with Gasteiger partial charge in [0.2, 0.25) is 0 Å². The van der Waals surface area contributed by atoms with Gasteiger partial charge in [-0.05, 0) is 32.0 Å². The summed E-state index contributed by atoms with van der Waals surface area (Å²) in [6, 6.07) is 6.13. The lowest BCUT2D eigenvalue weighted by atomic mass is 10.1. The molecule has 1 aromatic carbocycles. The Morgan fingerprint density at radius 1 is 1.37 bits per heavy atom. The lowest BCUT2D eigenvalue weighted by Crippen LogP contribution is -2.15. The van der Waals surface area contributed by atoms with Gasteiger partial charge in [-0.2, -0.15) is 0 Å². The SMILES string of the molecule is CC(C)S(=O)(=O)Cc1cc2c(C(=O)O)cccc2o1. The molecule has 6 heteroatoms. The molecule has 0 aliphatic heterocycles. The van der Waals surface area contributed by atoms with Crippen LogP contribution in [0.3, 0.4) is 0 Å². The Morgan fingerprint density at radius 3 is 2.63 bits per heavy atom. The minimum absolute atomic E-state index is 0.106. The summed E-state index contributed by atoms with van der Waals surface area (Å²) in [5, 5.41) is 8.97. The number of furan rings is 1. The number of sulfone groups is 1. The standard InChI is InChI=1S/C13H14O5S/c1-8(2)19(16,17)7-9-6-11-10(13(14)15)4-3-5-12(11)18-9/h3-6,8H,7H2,1-2H3,(H,14,15). The van der Waals surface area contributed by atoms with E-state index in [1.54, 1.807) is 26.0 Å². The highest BCUT2D eigenvalue weighted by Gasteiger charge is 2.20. The van der Waals surface area contributed by atoms with Gasteiger partial charge < -0.3 is 9.52 Å². The van der Waals surface area contributed by atoms with E-state index < -0.39 is 21.1 Å². The van der Waals surface area contributed by atoms with Crippen molar-refractivity contribution in [2.24, 2.45) is 0 Å². The van der Waals surface area contributed by atoms with Crippen molar-refractivity contribution in [2.45, 2.75) is 24.9 Å². The second-order valence-corrected chi connectivity index (χ2v) is 7.15. The van der Waals surface area contributed by atoms with Crippen LogP contribution in [0, 0.1) is 0 Å². The number of hydrogen-bond acceptors (Lipinski definition) is 4. The van der Waals surface area contributed by atoms with Gasteiger partial charge in [-0.3, -0.25) is 0 Å². The maximum absolute atomic E-state index is 11.8. The summed E-state index contributed by atoms with van der Waals surface area (Å²) in [6.07, 6.45) is 0. The summed E-state index contributed by atoms with van der Waals surface area (Å²) in [4.78, 5) is 11.1. The van der Waals surface area contributed by atoms with E-state index in [1.807, 2.05) is 0 Å². The van der Waals surface area contributed by atoms with Gasteiger partial charge in [-0.25, -0.2) is 13.2 Å². The van der Waals surface area contributed by atoms with Crippen LogP contribution < -0.4 is 0 Å². The molecule has 2 aromatic rings. The Morgan fingerprint density at radius 2 is 2.05 bits per heavy atom. The third kappa shape index (κ3) is 2.63. The third-order valence-electron chi connectivity index (χ3n) is 2.90. The molecule has 0 saturated heterocycles. The number of hydrogen-bond donors (Lipinski definition) is 1. The fraction of sp³-hybridized carbons (Fsp3) is 0.308. The lowest BCUT2D eigenvalue weighted by Gasteiger charge is -2.04. The van der Waals surface area contributed by atoms with Crippen LogP contribution >= 0.6 is 0 Å². The molecule has 0 bridgehead atoms. The highest BCUT2D eigenvalue weighted by atomic mass is 32.2. The number of carboxylic acid groups (broad SMARTS) is 1. The second kappa shape index (κ2) is 4.70. The van der Waals surface area contributed by atoms with Crippen LogP contribution in [-0.2, 0) is 15.6 Å². The van der Waals surface area contributed by atoms with Crippen LogP contribution in [0.15, 0.2) is 28.7 Å². The van der Waals surface area contributed by atoms with Gasteiger partial charge in [0.05, 0.1) is 10.8 Å². The van der Waals surface area contributed by atoms with E-state index in [0.29, 0.717) is 11.0 Å². The molecular weight excluding hydrogens is 268 g/mol. The molecule has 0 atom stereocenters. The smallest absolute Gasteiger partial charge is 0.336 e. The minimum Gasteiger partial charge on any atom is -0.478 e. The first kappa shape index (κ1) is 13.6. The summed E-state index contributed by atoms with van der Waals surface area (Å²) in [7, 11) is -3.27. The van der Waals surface area contributed by atoms with Crippen molar-refractivity contribution in [1.29, 1.82) is 0 Å². The molecule has 0 aliphatic rings. The minimum atomic E-state index is -3.27. The predicted octanol–water partition coefficient (Wildman–Crippen LogP) is 2.45. The highest BCUT2D eigenvalue weighted by molar-refractivity contribution is 7.91. The average Bonchev–Trinajstić information content (AvgIpc) is 2.69. The first-order valence-corrected chi connectivity index (χ1v) is 7.49. The Labute approximate surface area is 110 Å². The summed E-state index contributed by atoms with van der Waals surface area (Å²) < 4.78 is 29.0. The molecular formula is C13H14O5S. The molecule has 2 rings (SSSR count). The van der Waals surface area contributed by atoms with Gasteiger partial charge in [-0.1, -0.05) is 6.07 Å². The number of carbonyl (C=O) groups is 1. The van der Waals surface area contributed by atoms with Gasteiger partial charge in [0, 0.05) is 5.39 Å². The molecule has 5 nitrogen and oxygen atoms in total. The Bertz CT molecular complexity index is 725. The second-order valence-electron chi connectivity index (χ2n) is 4.59. The Balaban J connectivity index is 2.49. The molecule has 1 N–H and O–H groups in total. The predicted molar refractivity (Wildman–Crippen MR) is 70.9 cm³/mol. The largest absolute Gasteiger partial charge is 0.478 e. The van der Waals surface area contributed by atoms with Gasteiger partial charge >= 0.3 is 5.97 Å². The molecule has 1 aromatic heterocycles. The molecule has 19 heavy (non-hydrogen) atoms. The van der Waals surface area contributed by atoms with Crippen LogP contribution in [0.5, 0.6) is 0 Å². The Hall–Kier alpha value is -1.82. The molecule has 0 spiro atoms. The molecule has 0 radical (unpaired) electrons. The van der Waals surface area contributed by atoms with Crippen molar-refractivity contribution >= 4 is 26.8 Å². The highest BCUT2D eigenvalue weighted by Crippen LogP contribution is 2.25. The lowest BCUT2D eigenvalue weighted by molar-refractivity contribution is 0.0699. The maximum Gasteiger partial charge on any atom is 0.336 e. The van der Waals surface area contributed by atoms with E-state index in [9.17, 15) is 13.2 Å². The molecule has 0 unspecified atom stereocenters. The number of benzene rings is 1. The van der Waals surface area contributed by atoms with Gasteiger partial charge in [0.25, 0.3) is 0 Å². The van der Waals surface area contributed by atoms with Crippen molar-refractivity contribution in [3.05, 3.63) is 35.6 Å². The van der Waals surface area contributed by atoms with E-state index >= 15 is 0 Å². The molecule has 102 valence electrons. The zero-order valence-corrected chi connectivity index (χ0v) is 11.4. The van der Waals surface area contributed by atoms with Crippen molar-refractivity contribution in [3.8, 4) is 0 Å². The molecule has 0 saturated carbocycles. The fourth-order valence-electron chi connectivity index (χ4n) is 1.74. The number of aromatic carboxylic acids is 1. The van der Waals surface area contributed by atoms with Gasteiger partial charge in [-0.15, -0.1) is 0 Å². The first-order chi connectivity index (χ1) is 8.81. The van der Waals surface area contributed by atoms with Crippen LogP contribution in [-0.4, -0.2) is 24.7 Å². The summed E-state index contributed by atoms with van der Waals surface area (Å²) >= 11 is 0. The number of fused-ring (bicyclic) bond motifs is 1. The van der Waals surface area contributed by atoms with Crippen molar-refractivity contribution in [1.82, 2.24) is 0 Å². The van der Waals surface area contributed by atoms with E-state index in [4.69, 9.17) is 9.52 Å². The topological polar surface area (TPSA) is 84.6 Å². The van der Waals surface area contributed by atoms with E-state index in [1.165, 1.54) is 12.1 Å². The zero-order valence-electron chi connectivity index (χ0n) is 10.6. The van der Waals surface area contributed by atoms with Crippen LogP contribution in [0.1, 0.15) is 30.0 Å². The summed E-state index contributed by atoms with van der Waals surface area (Å²) in [6.45, 7) is 3.20. The monoisotopic (exact) mass is 282 g/mol. The van der Waals surface area contributed by atoms with E-state index in [-0.39, 0.29) is 17.1 Å². The molecule has 0 aliphatic carbocycles.